The molecule has 1 atom stereocenters. The first-order valence-corrected chi connectivity index (χ1v) is 9.22. The van der Waals surface area contributed by atoms with Crippen molar-refractivity contribution in [1.29, 1.82) is 0 Å². The van der Waals surface area contributed by atoms with Crippen LogP contribution in [0.4, 0.5) is 4.79 Å². The number of hydrogen-bond donors (Lipinski definition) is 2. The van der Waals surface area contributed by atoms with Gasteiger partial charge in [0.2, 0.25) is 0 Å². The van der Waals surface area contributed by atoms with Gasteiger partial charge in [0, 0.05) is 17.3 Å². The zero-order chi connectivity index (χ0) is 18.7. The van der Waals surface area contributed by atoms with Crippen LogP contribution in [0.1, 0.15) is 31.4 Å². The van der Waals surface area contributed by atoms with Crippen molar-refractivity contribution in [2.75, 3.05) is 26.7 Å². The van der Waals surface area contributed by atoms with Crippen LogP contribution in [0.3, 0.4) is 0 Å². The van der Waals surface area contributed by atoms with E-state index < -0.39 is 12.0 Å². The van der Waals surface area contributed by atoms with Gasteiger partial charge in [0.05, 0.1) is 18.7 Å². The van der Waals surface area contributed by atoms with Gasteiger partial charge in [-0.25, -0.2) is 9.59 Å². The monoisotopic (exact) mass is 377 g/mol. The summed E-state index contributed by atoms with van der Waals surface area (Å²) in [6, 6.07) is 6.22. The van der Waals surface area contributed by atoms with E-state index in [0.29, 0.717) is 28.8 Å². The molecule has 1 saturated heterocycles. The van der Waals surface area contributed by atoms with Crippen molar-refractivity contribution in [2.45, 2.75) is 25.8 Å². The molecule has 140 valence electrons. The fourth-order valence-corrected chi connectivity index (χ4v) is 3.67. The summed E-state index contributed by atoms with van der Waals surface area (Å²) in [5.74, 6) is 0.255. The van der Waals surface area contributed by atoms with Gasteiger partial charge in [-0.2, -0.15) is 0 Å². The first-order valence-electron chi connectivity index (χ1n) is 8.84. The second-order valence-electron chi connectivity index (χ2n) is 6.93. The highest BCUT2D eigenvalue weighted by Gasteiger charge is 2.34. The topological polar surface area (TPSA) is 70.7 Å². The number of benzene rings is 1. The minimum atomic E-state index is -0.589. The summed E-state index contributed by atoms with van der Waals surface area (Å²) in [5, 5.41) is 6.17. The average Bonchev–Trinajstić information content (AvgIpc) is 2.62. The van der Waals surface area contributed by atoms with Gasteiger partial charge >= 0.3 is 12.0 Å². The van der Waals surface area contributed by atoms with Crippen molar-refractivity contribution in [1.82, 2.24) is 15.5 Å². The molecule has 1 aromatic rings. The van der Waals surface area contributed by atoms with E-state index in [0.717, 1.165) is 31.5 Å². The lowest BCUT2D eigenvalue weighted by molar-refractivity contribution is -0.136. The molecule has 0 saturated carbocycles. The zero-order valence-corrected chi connectivity index (χ0v) is 15.8. The summed E-state index contributed by atoms with van der Waals surface area (Å²) in [6.07, 6.45) is 2.23. The summed E-state index contributed by atoms with van der Waals surface area (Å²) in [6.45, 7) is 4.66. The highest BCUT2D eigenvalue weighted by molar-refractivity contribution is 6.30. The molecular weight excluding hydrogens is 354 g/mol. The first-order chi connectivity index (χ1) is 12.5. The molecule has 0 radical (unpaired) electrons. The third-order valence-corrected chi connectivity index (χ3v) is 5.23. The maximum absolute atomic E-state index is 12.5. The number of esters is 1. The molecule has 3 rings (SSSR count). The Hall–Kier alpha value is -2.05. The number of amides is 2. The molecule has 0 aliphatic carbocycles. The molecule has 2 heterocycles. The lowest BCUT2D eigenvalue weighted by Gasteiger charge is -2.34. The Labute approximate surface area is 158 Å². The maximum atomic E-state index is 12.5. The van der Waals surface area contributed by atoms with Crippen LogP contribution in [-0.4, -0.2) is 43.6 Å². The smallest absolute Gasteiger partial charge is 0.338 e. The summed E-state index contributed by atoms with van der Waals surface area (Å²) in [4.78, 5) is 27.0. The highest BCUT2D eigenvalue weighted by Crippen LogP contribution is 2.30. The predicted molar refractivity (Wildman–Crippen MR) is 99.7 cm³/mol. The minimum absolute atomic E-state index is 0.331. The number of nitrogens with one attached hydrogen (secondary N) is 2. The Bertz CT molecular complexity index is 726. The number of hydrogen-bond acceptors (Lipinski definition) is 4. The molecule has 2 aliphatic heterocycles. The molecule has 0 aromatic heterocycles. The van der Waals surface area contributed by atoms with Gasteiger partial charge in [-0.1, -0.05) is 30.7 Å². The molecule has 2 aliphatic rings. The summed E-state index contributed by atoms with van der Waals surface area (Å²) in [5.41, 5.74) is 1.77. The third-order valence-electron chi connectivity index (χ3n) is 5.00. The fraction of sp³-hybridized carbons (Fsp3) is 0.474. The number of urea groups is 1. The van der Waals surface area contributed by atoms with E-state index in [1.54, 1.807) is 18.2 Å². The molecule has 0 unspecified atom stereocenters. The Morgan fingerprint density at radius 3 is 2.73 bits per heavy atom. The van der Waals surface area contributed by atoms with Crippen molar-refractivity contribution >= 4 is 23.6 Å². The van der Waals surface area contributed by atoms with Crippen LogP contribution >= 0.6 is 11.6 Å². The molecule has 7 heteroatoms. The lowest BCUT2D eigenvalue weighted by atomic mass is 9.94. The van der Waals surface area contributed by atoms with Crippen LogP contribution in [0.25, 0.3) is 0 Å². The SMILES string of the molecule is COC(=O)C1=C(CN2CCC(C)CC2)NC(=O)N[C@H]1c1cccc(Cl)c1. The summed E-state index contributed by atoms with van der Waals surface area (Å²) in [7, 11) is 1.35. The Balaban J connectivity index is 1.95. The van der Waals surface area contributed by atoms with Gasteiger partial charge < -0.3 is 15.4 Å². The first kappa shape index (κ1) is 18.7. The average molecular weight is 378 g/mol. The molecule has 0 spiro atoms. The highest BCUT2D eigenvalue weighted by atomic mass is 35.5. The van der Waals surface area contributed by atoms with Gasteiger partial charge in [0.25, 0.3) is 0 Å². The van der Waals surface area contributed by atoms with E-state index in [2.05, 4.69) is 22.5 Å². The Kier molecular flexibility index (Phi) is 5.84. The Morgan fingerprint density at radius 1 is 1.35 bits per heavy atom. The van der Waals surface area contributed by atoms with Gasteiger partial charge in [-0.05, 0) is 49.5 Å². The fourth-order valence-electron chi connectivity index (χ4n) is 3.47. The van der Waals surface area contributed by atoms with Crippen molar-refractivity contribution in [3.8, 4) is 0 Å². The standard InChI is InChI=1S/C19H24ClN3O3/c1-12-6-8-23(9-7-12)11-15-16(18(24)26-2)17(22-19(25)21-15)13-4-3-5-14(20)10-13/h3-5,10,12,17H,6-9,11H2,1-2H3,(H2,21,22,25)/t17-/m0/s1. The van der Waals surface area contributed by atoms with Crippen LogP contribution in [0, 0.1) is 5.92 Å². The number of rotatable bonds is 4. The second kappa shape index (κ2) is 8.10. The van der Waals surface area contributed by atoms with Gasteiger partial charge in [-0.3, -0.25) is 4.90 Å². The lowest BCUT2D eigenvalue weighted by Crippen LogP contribution is -2.49. The molecular formula is C19H24ClN3O3. The summed E-state index contributed by atoms with van der Waals surface area (Å²) >= 11 is 6.10. The number of carbonyl (C=O) groups excluding carboxylic acids is 2. The number of methoxy groups -OCH3 is 1. The van der Waals surface area contributed by atoms with E-state index in [-0.39, 0.29) is 6.03 Å². The van der Waals surface area contributed by atoms with Crippen molar-refractivity contribution in [3.63, 3.8) is 0 Å². The van der Waals surface area contributed by atoms with Crippen LogP contribution < -0.4 is 10.6 Å². The van der Waals surface area contributed by atoms with E-state index in [9.17, 15) is 9.59 Å². The number of nitrogens with zero attached hydrogens (tertiary/aromatic N) is 1. The van der Waals surface area contributed by atoms with Crippen LogP contribution in [0.2, 0.25) is 5.02 Å². The number of halogens is 1. The molecule has 1 aromatic carbocycles. The molecule has 0 bridgehead atoms. The third kappa shape index (κ3) is 4.19. The predicted octanol–water partition coefficient (Wildman–Crippen LogP) is 2.85. The van der Waals surface area contributed by atoms with E-state index in [4.69, 9.17) is 16.3 Å². The van der Waals surface area contributed by atoms with Crippen LogP contribution in [0.5, 0.6) is 0 Å². The van der Waals surface area contributed by atoms with Crippen molar-refractivity contribution in [3.05, 3.63) is 46.1 Å². The molecule has 2 amide bonds. The van der Waals surface area contributed by atoms with E-state index in [1.165, 1.54) is 7.11 Å². The molecule has 1 fully saturated rings. The van der Waals surface area contributed by atoms with Crippen molar-refractivity contribution in [2.24, 2.45) is 5.92 Å². The van der Waals surface area contributed by atoms with Crippen molar-refractivity contribution < 1.29 is 14.3 Å². The Morgan fingerprint density at radius 2 is 2.08 bits per heavy atom. The van der Waals surface area contributed by atoms with E-state index in [1.807, 2.05) is 6.07 Å². The second-order valence-corrected chi connectivity index (χ2v) is 7.37. The van der Waals surface area contributed by atoms with Gasteiger partial charge in [0.15, 0.2) is 0 Å². The maximum Gasteiger partial charge on any atom is 0.338 e. The van der Waals surface area contributed by atoms with Gasteiger partial charge in [-0.15, -0.1) is 0 Å². The van der Waals surface area contributed by atoms with Crippen LogP contribution in [-0.2, 0) is 9.53 Å². The van der Waals surface area contributed by atoms with E-state index >= 15 is 0 Å². The molecule has 2 N–H and O–H groups in total. The van der Waals surface area contributed by atoms with Gasteiger partial charge in [0.1, 0.15) is 0 Å². The number of carbonyl (C=O) groups is 2. The largest absolute Gasteiger partial charge is 0.466 e. The quantitative estimate of drug-likeness (QED) is 0.791. The number of piperidine rings is 1. The van der Waals surface area contributed by atoms with Crippen LogP contribution in [0.15, 0.2) is 35.5 Å². The molecule has 6 nitrogen and oxygen atoms in total. The normalized spacial score (nSPS) is 22.0. The minimum Gasteiger partial charge on any atom is -0.466 e. The number of ether oxygens (including phenoxy) is 1. The number of likely N-dealkylation sites (tertiary alicyclic amines) is 1. The zero-order valence-electron chi connectivity index (χ0n) is 15.0. The summed E-state index contributed by atoms with van der Waals surface area (Å²) < 4.78 is 5.00. The molecule has 26 heavy (non-hydrogen) atoms.